The fraction of sp³-hybridized carbons (Fsp3) is 0.778. The highest BCUT2D eigenvalue weighted by Gasteiger charge is 2.70. The normalized spacial score (nSPS) is 37.2. The minimum atomic E-state index is -1.15. The summed E-state index contributed by atoms with van der Waals surface area (Å²) in [6.45, 7) is 25.4. The number of esters is 1. The maximum Gasteiger partial charge on any atom is 0.309 e. The number of aromatic nitrogens is 1. The van der Waals surface area contributed by atoms with Gasteiger partial charge in [0.25, 0.3) is 0 Å². The van der Waals surface area contributed by atoms with Crippen LogP contribution in [0.5, 0.6) is 0 Å². The van der Waals surface area contributed by atoms with Gasteiger partial charge in [-0.15, -0.1) is 0 Å². The van der Waals surface area contributed by atoms with Crippen LogP contribution in [0.3, 0.4) is 0 Å². The second kappa shape index (κ2) is 13.0. The molecule has 0 spiro atoms. The van der Waals surface area contributed by atoms with E-state index in [4.69, 9.17) is 4.74 Å². The van der Waals surface area contributed by atoms with Crippen molar-refractivity contribution in [3.05, 3.63) is 41.2 Å². The molecule has 0 aromatic carbocycles. The van der Waals surface area contributed by atoms with Gasteiger partial charge in [-0.2, -0.15) is 0 Å². The van der Waals surface area contributed by atoms with E-state index in [1.54, 1.807) is 13.8 Å². The number of carbonyl (C=O) groups excluding carboxylic acids is 2. The number of carboxylic acids is 1. The van der Waals surface area contributed by atoms with Crippen molar-refractivity contribution in [1.29, 1.82) is 0 Å². The summed E-state index contributed by atoms with van der Waals surface area (Å²) in [5.74, 6) is 0.632. The van der Waals surface area contributed by atoms with Crippen molar-refractivity contribution in [2.45, 2.75) is 158 Å². The van der Waals surface area contributed by atoms with Crippen molar-refractivity contribution in [2.75, 3.05) is 6.54 Å². The van der Waals surface area contributed by atoms with Gasteiger partial charge in [-0.05, 0) is 155 Å². The van der Waals surface area contributed by atoms with Crippen molar-refractivity contribution in [3.63, 3.8) is 0 Å². The number of hydrogen-bond donors (Lipinski definition) is 2. The lowest BCUT2D eigenvalue weighted by Gasteiger charge is -2.72. The monoisotopic (exact) mass is 717 g/mol. The minimum Gasteiger partial charge on any atom is -0.481 e. The van der Waals surface area contributed by atoms with Crippen LogP contribution in [-0.4, -0.2) is 40.5 Å². The third-order valence-electron chi connectivity index (χ3n) is 16.5. The molecule has 288 valence electrons. The molecule has 0 saturated heterocycles. The summed E-state index contributed by atoms with van der Waals surface area (Å²) in [5, 5.41) is 13.5. The number of aliphatic carboxylic acids is 1. The molecule has 6 rings (SSSR count). The second-order valence-electron chi connectivity index (χ2n) is 20.7. The van der Waals surface area contributed by atoms with Gasteiger partial charge in [0.1, 0.15) is 6.10 Å². The number of carboxylic acid groups (broad SMARTS) is 1. The second-order valence-corrected chi connectivity index (χ2v) is 20.7. The van der Waals surface area contributed by atoms with Crippen LogP contribution in [0.4, 0.5) is 0 Å². The van der Waals surface area contributed by atoms with E-state index in [0.717, 1.165) is 63.5 Å². The number of Topliss-reactive ketones (excluding diaryl/α,β-unsaturated/α-hetero) is 1. The summed E-state index contributed by atoms with van der Waals surface area (Å²) in [6.07, 6.45) is 13.7. The first-order chi connectivity index (χ1) is 24.1. The highest BCUT2D eigenvalue weighted by molar-refractivity contribution is 6.00. The standard InChI is InChI=1S/C45H68N2O5/c1-28(2)36-31(48)26-45(22-25-47-41(7,8)29-16-23-46-24-17-29)21-20-43(10)30(37(36)45)12-13-33-42(9)18-15-34(52-35(49)27-39(3,4)38(50)51)40(5,6)32(42)14-19-44(33,43)11/h16-17,23-24,28,30,32-34,47H,12-15,18-22,25-27H2,1-11H3,(H,50,51)/t30-,32+,33-,34+,42+,43-,44-,45-/m1/s1. The van der Waals surface area contributed by atoms with Crippen molar-refractivity contribution in [2.24, 2.45) is 56.2 Å². The molecule has 8 atom stereocenters. The van der Waals surface area contributed by atoms with E-state index in [9.17, 15) is 19.5 Å². The summed E-state index contributed by atoms with van der Waals surface area (Å²) in [5.41, 5.74) is 2.67. The average molecular weight is 717 g/mol. The number of hydrogen-bond acceptors (Lipinski definition) is 6. The number of allylic oxidation sites excluding steroid dienone is 2. The number of ketones is 1. The topological polar surface area (TPSA) is 106 Å². The Morgan fingerprint density at radius 2 is 1.60 bits per heavy atom. The van der Waals surface area contributed by atoms with Gasteiger partial charge < -0.3 is 15.2 Å². The molecular weight excluding hydrogens is 649 g/mol. The van der Waals surface area contributed by atoms with E-state index in [0.29, 0.717) is 30.0 Å². The zero-order valence-electron chi connectivity index (χ0n) is 34.2. The van der Waals surface area contributed by atoms with Crippen LogP contribution in [0, 0.1) is 56.2 Å². The molecule has 1 aromatic rings. The molecule has 0 unspecified atom stereocenters. The number of pyridine rings is 1. The van der Waals surface area contributed by atoms with Gasteiger partial charge in [0, 0.05) is 35.2 Å². The van der Waals surface area contributed by atoms with Crippen LogP contribution in [0.15, 0.2) is 35.7 Å². The summed E-state index contributed by atoms with van der Waals surface area (Å²) >= 11 is 0. The highest BCUT2D eigenvalue weighted by atomic mass is 16.5. The fourth-order valence-electron chi connectivity index (χ4n) is 13.4. The molecule has 7 heteroatoms. The van der Waals surface area contributed by atoms with E-state index in [1.807, 2.05) is 12.4 Å². The Morgan fingerprint density at radius 3 is 2.23 bits per heavy atom. The van der Waals surface area contributed by atoms with Gasteiger partial charge in [-0.25, -0.2) is 0 Å². The minimum absolute atomic E-state index is 0.0639. The van der Waals surface area contributed by atoms with E-state index < -0.39 is 17.4 Å². The fourth-order valence-corrected chi connectivity index (χ4v) is 13.4. The first kappa shape index (κ1) is 39.2. The van der Waals surface area contributed by atoms with Crippen molar-refractivity contribution < 1.29 is 24.2 Å². The molecular formula is C45H68N2O5. The number of carbonyl (C=O) groups is 3. The van der Waals surface area contributed by atoms with Crippen LogP contribution in [0.1, 0.15) is 152 Å². The SMILES string of the molecule is CC(C)C1=C2[C@H]3CC[C@@H]4[C@@]5(C)CC[C@H](OC(=O)CC(C)(C)C(=O)O)C(C)(C)[C@@H]5CC[C@@]4(C)[C@]3(C)CC[C@@]2(CCNC(C)(C)c2ccncc2)CC1=O. The molecule has 0 amide bonds. The summed E-state index contributed by atoms with van der Waals surface area (Å²) in [6, 6.07) is 4.19. The van der Waals surface area contributed by atoms with Crippen LogP contribution in [0.2, 0.25) is 0 Å². The molecule has 0 radical (unpaired) electrons. The molecule has 5 aliphatic rings. The maximum absolute atomic E-state index is 14.1. The first-order valence-corrected chi connectivity index (χ1v) is 20.4. The van der Waals surface area contributed by atoms with Gasteiger partial charge in [-0.3, -0.25) is 19.4 Å². The molecule has 5 aliphatic carbocycles. The molecule has 0 aliphatic heterocycles. The van der Waals surface area contributed by atoms with Crippen molar-refractivity contribution in [3.8, 4) is 0 Å². The van der Waals surface area contributed by atoms with E-state index in [2.05, 4.69) is 84.7 Å². The quantitative estimate of drug-likeness (QED) is 0.232. The van der Waals surface area contributed by atoms with E-state index in [-0.39, 0.29) is 51.1 Å². The van der Waals surface area contributed by atoms with Crippen molar-refractivity contribution in [1.82, 2.24) is 10.3 Å². The van der Waals surface area contributed by atoms with Crippen molar-refractivity contribution >= 4 is 17.7 Å². The third kappa shape index (κ3) is 6.02. The number of nitrogens with zero attached hydrogens (tertiary/aromatic N) is 1. The smallest absolute Gasteiger partial charge is 0.309 e. The Hall–Kier alpha value is -2.54. The zero-order valence-corrected chi connectivity index (χ0v) is 34.2. The molecule has 7 nitrogen and oxygen atoms in total. The first-order valence-electron chi connectivity index (χ1n) is 20.4. The third-order valence-corrected chi connectivity index (χ3v) is 16.5. The van der Waals surface area contributed by atoms with Crippen LogP contribution < -0.4 is 5.32 Å². The van der Waals surface area contributed by atoms with Gasteiger partial charge in [-0.1, -0.05) is 54.0 Å². The lowest BCUT2D eigenvalue weighted by molar-refractivity contribution is -0.233. The maximum atomic E-state index is 14.1. The molecule has 1 heterocycles. The van der Waals surface area contributed by atoms with Gasteiger partial charge in [0.05, 0.1) is 11.8 Å². The lowest BCUT2D eigenvalue weighted by atomic mass is 9.33. The largest absolute Gasteiger partial charge is 0.481 e. The van der Waals surface area contributed by atoms with Crippen LogP contribution in [-0.2, 0) is 24.7 Å². The number of nitrogens with one attached hydrogen (secondary N) is 1. The Balaban J connectivity index is 1.26. The highest BCUT2D eigenvalue weighted by Crippen LogP contribution is 2.77. The Labute approximate surface area is 313 Å². The van der Waals surface area contributed by atoms with Crippen LogP contribution >= 0.6 is 0 Å². The summed E-state index contributed by atoms with van der Waals surface area (Å²) in [4.78, 5) is 43.2. The van der Waals surface area contributed by atoms with Crippen LogP contribution in [0.25, 0.3) is 0 Å². The Kier molecular flexibility index (Phi) is 9.83. The predicted octanol–water partition coefficient (Wildman–Crippen LogP) is 9.69. The zero-order chi connectivity index (χ0) is 38.3. The number of rotatable bonds is 10. The molecule has 0 bridgehead atoms. The molecule has 4 fully saturated rings. The predicted molar refractivity (Wildman–Crippen MR) is 205 cm³/mol. The average Bonchev–Trinajstić information content (AvgIpc) is 3.35. The summed E-state index contributed by atoms with van der Waals surface area (Å²) < 4.78 is 6.19. The molecule has 2 N–H and O–H groups in total. The van der Waals surface area contributed by atoms with Gasteiger partial charge in [0.15, 0.2) is 5.78 Å². The van der Waals surface area contributed by atoms with Gasteiger partial charge in [0.2, 0.25) is 0 Å². The molecule has 52 heavy (non-hydrogen) atoms. The summed E-state index contributed by atoms with van der Waals surface area (Å²) in [7, 11) is 0. The van der Waals surface area contributed by atoms with E-state index in [1.165, 1.54) is 17.6 Å². The Bertz CT molecular complexity index is 1610. The van der Waals surface area contributed by atoms with Gasteiger partial charge >= 0.3 is 11.9 Å². The number of fused-ring (bicyclic) bond motifs is 7. The lowest BCUT2D eigenvalue weighted by Crippen LogP contribution is -2.65. The molecule has 1 aromatic heterocycles. The Morgan fingerprint density at radius 1 is 0.923 bits per heavy atom. The number of ether oxygens (including phenoxy) is 1. The van der Waals surface area contributed by atoms with E-state index >= 15 is 0 Å². The molecule has 4 saturated carbocycles.